The highest BCUT2D eigenvalue weighted by Crippen LogP contribution is 2.32. The predicted molar refractivity (Wildman–Crippen MR) is 113 cm³/mol. The molecule has 0 spiro atoms. The van der Waals surface area contributed by atoms with Crippen LogP contribution in [0.3, 0.4) is 0 Å². The van der Waals surface area contributed by atoms with Gasteiger partial charge in [0.25, 0.3) is 0 Å². The number of nitrogens with one attached hydrogen (secondary N) is 1. The SMILES string of the molecule is N=C1C(c2nc(-c3ccc(Cl)cc3)cs2)=C(O)CN1CCCN1CCOCC1.[Cl-]. The van der Waals surface area contributed by atoms with E-state index in [1.807, 2.05) is 34.5 Å². The van der Waals surface area contributed by atoms with E-state index in [9.17, 15) is 5.11 Å². The number of amidine groups is 1. The molecule has 29 heavy (non-hydrogen) atoms. The molecule has 1 saturated heterocycles. The second kappa shape index (κ2) is 9.91. The summed E-state index contributed by atoms with van der Waals surface area (Å²) >= 11 is 7.40. The molecule has 1 fully saturated rings. The van der Waals surface area contributed by atoms with E-state index >= 15 is 0 Å². The number of aromatic nitrogens is 1. The molecule has 6 nitrogen and oxygen atoms in total. The monoisotopic (exact) mass is 453 g/mol. The number of rotatable bonds is 6. The van der Waals surface area contributed by atoms with E-state index < -0.39 is 0 Å². The molecule has 4 rings (SSSR count). The Morgan fingerprint density at radius 1 is 1.17 bits per heavy atom. The molecule has 0 amide bonds. The third-order valence-electron chi connectivity index (χ3n) is 5.05. The highest BCUT2D eigenvalue weighted by atomic mass is 35.5. The minimum Gasteiger partial charge on any atom is -1.00 e. The van der Waals surface area contributed by atoms with Crippen LogP contribution in [0.2, 0.25) is 5.02 Å². The van der Waals surface area contributed by atoms with Gasteiger partial charge in [0.1, 0.15) is 16.6 Å². The summed E-state index contributed by atoms with van der Waals surface area (Å²) in [5.41, 5.74) is 2.35. The number of aliphatic hydroxyl groups excluding tert-OH is 1. The van der Waals surface area contributed by atoms with Crippen molar-refractivity contribution in [3.05, 3.63) is 45.4 Å². The molecule has 3 heterocycles. The first-order valence-electron chi connectivity index (χ1n) is 9.40. The summed E-state index contributed by atoms with van der Waals surface area (Å²) in [4.78, 5) is 8.96. The molecule has 0 radical (unpaired) electrons. The maximum absolute atomic E-state index is 10.5. The molecule has 2 aliphatic heterocycles. The summed E-state index contributed by atoms with van der Waals surface area (Å²) in [5, 5.41) is 22.3. The van der Waals surface area contributed by atoms with Gasteiger partial charge in [-0.15, -0.1) is 11.3 Å². The largest absolute Gasteiger partial charge is 1.00 e. The Labute approximate surface area is 185 Å². The Kier molecular flexibility index (Phi) is 7.54. The zero-order chi connectivity index (χ0) is 19.5. The van der Waals surface area contributed by atoms with Crippen molar-refractivity contribution < 1.29 is 22.3 Å². The normalized spacial score (nSPS) is 17.7. The van der Waals surface area contributed by atoms with Crippen LogP contribution >= 0.6 is 22.9 Å². The number of halogens is 2. The van der Waals surface area contributed by atoms with E-state index in [-0.39, 0.29) is 18.2 Å². The van der Waals surface area contributed by atoms with Gasteiger partial charge in [-0.3, -0.25) is 10.3 Å². The van der Waals surface area contributed by atoms with Gasteiger partial charge in [0, 0.05) is 42.1 Å². The first-order chi connectivity index (χ1) is 13.6. The fourth-order valence-electron chi connectivity index (χ4n) is 3.50. The quantitative estimate of drug-likeness (QED) is 0.674. The molecule has 0 atom stereocenters. The van der Waals surface area contributed by atoms with Crippen LogP contribution < -0.4 is 12.4 Å². The molecule has 1 aromatic heterocycles. The molecule has 156 valence electrons. The van der Waals surface area contributed by atoms with Crippen molar-refractivity contribution in [2.45, 2.75) is 6.42 Å². The van der Waals surface area contributed by atoms with Crippen LogP contribution in [0, 0.1) is 5.41 Å². The summed E-state index contributed by atoms with van der Waals surface area (Å²) < 4.78 is 5.38. The summed E-state index contributed by atoms with van der Waals surface area (Å²) in [6.07, 6.45) is 0.955. The molecular formula is C20H23Cl2N4O2S-. The number of morpholine rings is 1. The van der Waals surface area contributed by atoms with Crippen LogP contribution in [-0.4, -0.2) is 71.7 Å². The Morgan fingerprint density at radius 2 is 1.90 bits per heavy atom. The first kappa shape index (κ1) is 22.1. The van der Waals surface area contributed by atoms with Gasteiger partial charge in [0.2, 0.25) is 0 Å². The molecule has 2 aliphatic rings. The Balaban J connectivity index is 0.00000240. The Bertz CT molecular complexity index is 879. The van der Waals surface area contributed by atoms with Crippen LogP contribution in [0.15, 0.2) is 35.4 Å². The summed E-state index contributed by atoms with van der Waals surface area (Å²) in [6.45, 7) is 5.66. The number of benzene rings is 1. The standard InChI is InChI=1S/C20H23ClN4O2S.ClH/c21-15-4-2-14(3-5-15)16-13-28-20(23-16)18-17(26)12-25(19(18)22)7-1-6-24-8-10-27-11-9-24;/h2-5,13,22,26H,1,6-12H2;1H/p-1. The van der Waals surface area contributed by atoms with Crippen molar-refractivity contribution in [1.82, 2.24) is 14.8 Å². The van der Waals surface area contributed by atoms with E-state index in [0.29, 0.717) is 28.0 Å². The van der Waals surface area contributed by atoms with Crippen LogP contribution in [0.4, 0.5) is 0 Å². The summed E-state index contributed by atoms with van der Waals surface area (Å²) in [6, 6.07) is 7.52. The van der Waals surface area contributed by atoms with E-state index in [1.54, 1.807) is 0 Å². The number of ether oxygens (including phenoxy) is 1. The number of hydrogen-bond acceptors (Lipinski definition) is 6. The van der Waals surface area contributed by atoms with Gasteiger partial charge in [0.05, 0.1) is 31.0 Å². The number of aliphatic hydroxyl groups is 1. The van der Waals surface area contributed by atoms with Crippen LogP contribution in [0.5, 0.6) is 0 Å². The fourth-order valence-corrected chi connectivity index (χ4v) is 4.52. The van der Waals surface area contributed by atoms with Crippen molar-refractivity contribution in [2.75, 3.05) is 45.9 Å². The molecule has 2 N–H and O–H groups in total. The summed E-state index contributed by atoms with van der Waals surface area (Å²) in [5.74, 6) is 0.588. The van der Waals surface area contributed by atoms with Crippen molar-refractivity contribution in [3.63, 3.8) is 0 Å². The van der Waals surface area contributed by atoms with Crippen LogP contribution in [0.25, 0.3) is 16.8 Å². The highest BCUT2D eigenvalue weighted by molar-refractivity contribution is 7.11. The average molecular weight is 454 g/mol. The minimum atomic E-state index is 0. The molecular weight excluding hydrogens is 431 g/mol. The maximum atomic E-state index is 10.5. The van der Waals surface area contributed by atoms with Gasteiger partial charge >= 0.3 is 0 Å². The van der Waals surface area contributed by atoms with Crippen LogP contribution in [-0.2, 0) is 4.74 Å². The van der Waals surface area contributed by atoms with E-state index in [1.165, 1.54) is 11.3 Å². The van der Waals surface area contributed by atoms with Gasteiger partial charge in [-0.1, -0.05) is 23.7 Å². The lowest BCUT2D eigenvalue weighted by atomic mass is 10.2. The molecule has 2 aromatic rings. The minimum absolute atomic E-state index is 0. The summed E-state index contributed by atoms with van der Waals surface area (Å²) in [7, 11) is 0. The lowest BCUT2D eigenvalue weighted by Crippen LogP contribution is -3.00. The van der Waals surface area contributed by atoms with E-state index in [4.69, 9.17) is 21.7 Å². The second-order valence-electron chi connectivity index (χ2n) is 6.94. The molecule has 1 aromatic carbocycles. The van der Waals surface area contributed by atoms with Gasteiger partial charge in [0.15, 0.2) is 0 Å². The number of thiazole rings is 1. The number of nitrogens with zero attached hydrogens (tertiary/aromatic N) is 3. The van der Waals surface area contributed by atoms with Crippen molar-refractivity contribution >= 4 is 34.3 Å². The Hall–Kier alpha value is -1.64. The lowest BCUT2D eigenvalue weighted by molar-refractivity contribution is -0.00000839. The Morgan fingerprint density at radius 3 is 2.62 bits per heavy atom. The van der Waals surface area contributed by atoms with E-state index in [0.717, 1.165) is 57.1 Å². The van der Waals surface area contributed by atoms with Crippen molar-refractivity contribution in [1.29, 1.82) is 5.41 Å². The average Bonchev–Trinajstić information content (AvgIpc) is 3.28. The predicted octanol–water partition coefficient (Wildman–Crippen LogP) is 0.752. The lowest BCUT2D eigenvalue weighted by Gasteiger charge is -2.27. The van der Waals surface area contributed by atoms with Gasteiger partial charge in [-0.2, -0.15) is 0 Å². The van der Waals surface area contributed by atoms with Gasteiger partial charge in [-0.05, 0) is 18.6 Å². The highest BCUT2D eigenvalue weighted by Gasteiger charge is 2.30. The molecule has 0 saturated carbocycles. The molecule has 0 bridgehead atoms. The molecule has 0 unspecified atom stereocenters. The fraction of sp³-hybridized carbons (Fsp3) is 0.400. The van der Waals surface area contributed by atoms with Crippen molar-refractivity contribution in [3.8, 4) is 11.3 Å². The zero-order valence-corrected chi connectivity index (χ0v) is 18.2. The maximum Gasteiger partial charge on any atom is 0.135 e. The van der Waals surface area contributed by atoms with E-state index in [2.05, 4.69) is 9.88 Å². The topological polar surface area (TPSA) is 72.7 Å². The van der Waals surface area contributed by atoms with Crippen LogP contribution in [0.1, 0.15) is 11.4 Å². The number of hydrogen-bond donors (Lipinski definition) is 2. The van der Waals surface area contributed by atoms with Gasteiger partial charge < -0.3 is 27.2 Å². The molecule has 0 aliphatic carbocycles. The zero-order valence-electron chi connectivity index (χ0n) is 15.9. The second-order valence-corrected chi connectivity index (χ2v) is 8.24. The smallest absolute Gasteiger partial charge is 0.135 e. The first-order valence-corrected chi connectivity index (χ1v) is 10.7. The van der Waals surface area contributed by atoms with Gasteiger partial charge in [-0.25, -0.2) is 4.98 Å². The third kappa shape index (κ3) is 5.10. The third-order valence-corrected chi connectivity index (χ3v) is 6.16. The molecule has 9 heteroatoms. The van der Waals surface area contributed by atoms with Crippen molar-refractivity contribution in [2.24, 2.45) is 0 Å².